The van der Waals surface area contributed by atoms with Gasteiger partial charge in [0.05, 0.1) is 11.2 Å². The zero-order chi connectivity index (χ0) is 26.2. The van der Waals surface area contributed by atoms with Gasteiger partial charge >= 0.3 is 0 Å². The Labute approximate surface area is 209 Å². The molecule has 1 aliphatic carbocycles. The Kier molecular flexibility index (Phi) is 14.2. The summed E-state index contributed by atoms with van der Waals surface area (Å²) in [6.45, 7) is 10.8. The van der Waals surface area contributed by atoms with Gasteiger partial charge in [0.15, 0.2) is 5.82 Å². The largest absolute Gasteiger partial charge is 0.400 e. The fourth-order valence-electron chi connectivity index (χ4n) is 3.95. The van der Waals surface area contributed by atoms with E-state index < -0.39 is 0 Å². The molecule has 3 rings (SSSR count). The topological polar surface area (TPSA) is 113 Å². The molecule has 0 spiro atoms. The maximum Gasteiger partial charge on any atom is 0.152 e. The number of rotatable bonds is 11. The van der Waals surface area contributed by atoms with Crippen LogP contribution < -0.4 is 16.0 Å². The molecule has 1 aromatic carbocycles. The molecular weight excluding hydrogens is 442 g/mol. The number of nitrogens with zero attached hydrogens (tertiary/aromatic N) is 3. The van der Waals surface area contributed by atoms with Gasteiger partial charge in [-0.3, -0.25) is 9.79 Å². The number of methoxy groups -OCH3 is 1. The van der Waals surface area contributed by atoms with Crippen LogP contribution in [0.4, 0.5) is 17.2 Å². The van der Waals surface area contributed by atoms with E-state index >= 15 is 0 Å². The number of aliphatic hydroxyl groups excluding tert-OH is 1. The van der Waals surface area contributed by atoms with Crippen molar-refractivity contribution in [3.63, 3.8) is 0 Å². The van der Waals surface area contributed by atoms with Crippen LogP contribution in [0.1, 0.15) is 37.0 Å². The minimum absolute atomic E-state index is 0.305. The highest BCUT2D eigenvalue weighted by atomic mass is 16.5. The fraction of sp³-hybridized carbons (Fsp3) is 0.444. The van der Waals surface area contributed by atoms with E-state index in [4.69, 9.17) is 15.6 Å². The van der Waals surface area contributed by atoms with Gasteiger partial charge in [-0.1, -0.05) is 38.1 Å². The van der Waals surface area contributed by atoms with Crippen LogP contribution in [0.3, 0.4) is 0 Å². The smallest absolute Gasteiger partial charge is 0.152 e. The van der Waals surface area contributed by atoms with Crippen LogP contribution in [0.25, 0.3) is 10.9 Å². The molecule has 1 unspecified atom stereocenters. The molecule has 0 saturated heterocycles. The van der Waals surface area contributed by atoms with E-state index in [0.717, 1.165) is 50.4 Å². The first-order chi connectivity index (χ1) is 17.1. The molecule has 4 N–H and O–H groups in total. The van der Waals surface area contributed by atoms with Crippen molar-refractivity contribution in [1.29, 1.82) is 0 Å². The number of aliphatic hydroxyl groups is 1. The summed E-state index contributed by atoms with van der Waals surface area (Å²) >= 11 is 0. The van der Waals surface area contributed by atoms with E-state index in [9.17, 15) is 4.79 Å². The minimum atomic E-state index is 0.305. The number of benzene rings is 1. The Morgan fingerprint density at radius 3 is 2.69 bits per heavy atom. The Morgan fingerprint density at radius 1 is 1.37 bits per heavy atom. The predicted molar refractivity (Wildman–Crippen MR) is 148 cm³/mol. The lowest BCUT2D eigenvalue weighted by molar-refractivity contribution is 0.112. The number of pyridine rings is 1. The van der Waals surface area contributed by atoms with Gasteiger partial charge in [0, 0.05) is 51.4 Å². The van der Waals surface area contributed by atoms with Crippen LogP contribution in [0.2, 0.25) is 0 Å². The minimum Gasteiger partial charge on any atom is -0.400 e. The second kappa shape index (κ2) is 16.5. The van der Waals surface area contributed by atoms with Gasteiger partial charge < -0.3 is 25.8 Å². The molecule has 1 aliphatic rings. The molecule has 0 fully saturated rings. The van der Waals surface area contributed by atoms with Crippen molar-refractivity contribution in [3.8, 4) is 0 Å². The van der Waals surface area contributed by atoms with Crippen molar-refractivity contribution < 1.29 is 14.6 Å². The molecule has 0 radical (unpaired) electrons. The quantitative estimate of drug-likeness (QED) is 0.250. The normalized spacial score (nSPS) is 14.2. The Balaban J connectivity index is 0.00000145. The summed E-state index contributed by atoms with van der Waals surface area (Å²) in [6.07, 6.45) is 9.43. The summed E-state index contributed by atoms with van der Waals surface area (Å²) in [4.78, 5) is 22.2. The van der Waals surface area contributed by atoms with E-state index in [1.807, 2.05) is 27.0 Å². The average molecular weight is 484 g/mol. The summed E-state index contributed by atoms with van der Waals surface area (Å²) in [5.41, 5.74) is 10.2. The molecule has 1 aromatic heterocycles. The molecule has 0 saturated carbocycles. The Morgan fingerprint density at radius 2 is 2.11 bits per heavy atom. The van der Waals surface area contributed by atoms with Crippen molar-refractivity contribution in [2.45, 2.75) is 26.7 Å². The number of carbonyl (C=O) groups is 1. The number of nitrogen functional groups attached to an aromatic ring is 1. The van der Waals surface area contributed by atoms with Crippen LogP contribution in [0, 0.1) is 5.92 Å². The third-order valence-electron chi connectivity index (χ3n) is 5.48. The highest BCUT2D eigenvalue weighted by Gasteiger charge is 2.20. The number of fused-ring (bicyclic) bond motifs is 1. The van der Waals surface area contributed by atoms with Crippen LogP contribution in [-0.2, 0) is 4.74 Å². The number of hydrogen-bond donors (Lipinski definition) is 3. The van der Waals surface area contributed by atoms with Gasteiger partial charge in [0.25, 0.3) is 0 Å². The first-order valence-electron chi connectivity index (χ1n) is 12.0. The van der Waals surface area contributed by atoms with Crippen molar-refractivity contribution in [3.05, 3.63) is 47.6 Å². The molecule has 192 valence electrons. The summed E-state index contributed by atoms with van der Waals surface area (Å²) in [7, 11) is 4.68. The van der Waals surface area contributed by atoms with Gasteiger partial charge in [-0.15, -0.1) is 0 Å². The molecule has 2 aromatic rings. The zero-order valence-electron chi connectivity index (χ0n) is 21.8. The second-order valence-electron chi connectivity index (χ2n) is 7.71. The van der Waals surface area contributed by atoms with Gasteiger partial charge in [-0.25, -0.2) is 4.98 Å². The molecule has 0 aliphatic heterocycles. The number of nitrogens with two attached hydrogens (primary N) is 1. The highest BCUT2D eigenvalue weighted by Crippen LogP contribution is 2.40. The number of anilines is 2. The monoisotopic (exact) mass is 483 g/mol. The number of aromatic nitrogens is 1. The van der Waals surface area contributed by atoms with Crippen molar-refractivity contribution in [2.24, 2.45) is 10.9 Å². The molecule has 1 atom stereocenters. The lowest BCUT2D eigenvalue weighted by Gasteiger charge is -2.29. The molecule has 8 nitrogen and oxygen atoms in total. The number of hydrogen-bond acceptors (Lipinski definition) is 8. The average Bonchev–Trinajstić information content (AvgIpc) is 2.90. The van der Waals surface area contributed by atoms with Crippen LogP contribution in [0.5, 0.6) is 0 Å². The number of aldehydes is 1. The van der Waals surface area contributed by atoms with Crippen LogP contribution in [-0.4, -0.2) is 70.6 Å². The predicted octanol–water partition coefficient (Wildman–Crippen LogP) is 4.16. The van der Waals surface area contributed by atoms with Gasteiger partial charge in [0.2, 0.25) is 0 Å². The lowest BCUT2D eigenvalue weighted by atomic mass is 9.96. The van der Waals surface area contributed by atoms with Gasteiger partial charge in [-0.05, 0) is 50.2 Å². The molecule has 0 amide bonds. The summed E-state index contributed by atoms with van der Waals surface area (Å²) in [5.74, 6) is 0.819. The standard InChI is InChI=1S/C24H31N5O2.C2H6.CH4O/c1-26-14-17-5-7-18(8-6-17)15-29(11-4-12-31-3)23-20-10-9-19(16-30)13-21(20)28-24(25)22(23)27-2;2*1-2/h5,7-10,13,16-17,26H,2,4,6,11-12,14-15H2,1,3H3,(H2,25,28);1-2H3;2H,1H3. The summed E-state index contributed by atoms with van der Waals surface area (Å²) in [5, 5.41) is 11.1. The maximum atomic E-state index is 11.3. The summed E-state index contributed by atoms with van der Waals surface area (Å²) in [6, 6.07) is 5.45. The number of ether oxygens (including phenoxy) is 1. The van der Waals surface area contributed by atoms with E-state index in [1.165, 1.54) is 5.57 Å². The van der Waals surface area contributed by atoms with Crippen LogP contribution in [0.15, 0.2) is 47.0 Å². The second-order valence-corrected chi connectivity index (χ2v) is 7.71. The maximum absolute atomic E-state index is 11.3. The first-order valence-corrected chi connectivity index (χ1v) is 12.0. The lowest BCUT2D eigenvalue weighted by Crippen LogP contribution is -2.29. The van der Waals surface area contributed by atoms with Crippen LogP contribution >= 0.6 is 0 Å². The Hall–Kier alpha value is -3.07. The number of allylic oxidation sites excluding steroid dienone is 1. The molecule has 1 heterocycles. The Bertz CT molecular complexity index is 1000. The van der Waals surface area contributed by atoms with Gasteiger partial charge in [0.1, 0.15) is 12.0 Å². The number of nitrogens with one attached hydrogen (secondary N) is 1. The SMILES string of the molecule is C=Nc1c(N)nc2cc(C=O)ccc2c1N(CCCOC)CC1=CCC(CNC)C=C1.CC.CO. The first kappa shape index (κ1) is 30.0. The molecular formula is C27H41N5O3. The highest BCUT2D eigenvalue weighted by molar-refractivity contribution is 6.03. The molecule has 0 bridgehead atoms. The third-order valence-corrected chi connectivity index (χ3v) is 5.48. The number of carbonyl (C=O) groups excluding carboxylic acids is 1. The van der Waals surface area contributed by atoms with E-state index in [1.54, 1.807) is 19.2 Å². The van der Waals surface area contributed by atoms with Crippen molar-refractivity contribution in [2.75, 3.05) is 58.1 Å². The summed E-state index contributed by atoms with van der Waals surface area (Å²) < 4.78 is 5.28. The van der Waals surface area contributed by atoms with Crippen molar-refractivity contribution in [1.82, 2.24) is 10.3 Å². The van der Waals surface area contributed by atoms with E-state index in [0.29, 0.717) is 41.7 Å². The van der Waals surface area contributed by atoms with Gasteiger partial charge in [-0.2, -0.15) is 0 Å². The fourth-order valence-corrected chi connectivity index (χ4v) is 3.95. The zero-order valence-corrected chi connectivity index (χ0v) is 21.8. The van der Waals surface area contributed by atoms with Crippen molar-refractivity contribution >= 4 is 41.1 Å². The number of aliphatic imine (C=N–C) groups is 1. The third kappa shape index (κ3) is 8.28. The van der Waals surface area contributed by atoms with E-state index in [-0.39, 0.29) is 0 Å². The molecule has 8 heteroatoms. The molecule has 35 heavy (non-hydrogen) atoms. The van der Waals surface area contributed by atoms with E-state index in [2.05, 4.69) is 45.1 Å².